The summed E-state index contributed by atoms with van der Waals surface area (Å²) < 4.78 is 52.8. The van der Waals surface area contributed by atoms with Gasteiger partial charge in [0.25, 0.3) is 12.1 Å². The van der Waals surface area contributed by atoms with Gasteiger partial charge in [-0.25, -0.2) is 19.1 Å². The average molecular weight is 789 g/mol. The summed E-state index contributed by atoms with van der Waals surface area (Å²) in [5.41, 5.74) is 12.1. The Labute approximate surface area is 266 Å². The van der Waals surface area contributed by atoms with Crippen molar-refractivity contribution in [1.29, 1.82) is 0 Å². The SMILES string of the molecule is NC(=O)c1ccc[n+]([C@@H]2O[C@H](COP(=O)(O)OP(=O)(O)OC[C@H]3O[C@@H](n4cnc5c(N)cc(I)nc54)[C@H](O)[C@@H]3O)[C@@H](O)[C@H]2O)c1. The minimum atomic E-state index is -5.37. The highest BCUT2D eigenvalue weighted by Crippen LogP contribution is 2.60. The molecule has 3 aromatic rings. The summed E-state index contributed by atoms with van der Waals surface area (Å²) in [5.74, 6) is -0.763. The first-order chi connectivity index (χ1) is 21.1. The molecule has 2 aliphatic rings. The fraction of sp³-hybridized carbons (Fsp3) is 0.455. The first kappa shape index (κ1) is 34.1. The van der Waals surface area contributed by atoms with Gasteiger partial charge in [0.05, 0.1) is 25.2 Å². The summed E-state index contributed by atoms with van der Waals surface area (Å²) in [6, 6.07) is 4.42. The number of nitrogens with two attached hydrogens (primary N) is 2. The van der Waals surface area contributed by atoms with Crippen LogP contribution in [0.25, 0.3) is 11.2 Å². The molecule has 45 heavy (non-hydrogen) atoms. The van der Waals surface area contributed by atoms with Gasteiger partial charge < -0.3 is 51.2 Å². The molecule has 2 saturated heterocycles. The van der Waals surface area contributed by atoms with Crippen LogP contribution < -0.4 is 16.0 Å². The first-order valence-electron chi connectivity index (χ1n) is 12.9. The molecular formula is C22H28IN6O14P2+. The molecule has 0 spiro atoms. The summed E-state index contributed by atoms with van der Waals surface area (Å²) in [6.45, 7) is -1.78. The van der Waals surface area contributed by atoms with Crippen molar-refractivity contribution in [2.75, 3.05) is 18.9 Å². The van der Waals surface area contributed by atoms with E-state index in [0.717, 1.165) is 0 Å². The normalized spacial score (nSPS) is 31.2. The van der Waals surface area contributed by atoms with Crippen LogP contribution in [0, 0.1) is 3.70 Å². The van der Waals surface area contributed by atoms with Gasteiger partial charge >= 0.3 is 15.6 Å². The van der Waals surface area contributed by atoms with E-state index in [0.29, 0.717) is 14.9 Å². The smallest absolute Gasteiger partial charge is 0.397 e. The number of phosphoric ester groups is 2. The van der Waals surface area contributed by atoms with Crippen LogP contribution in [0.15, 0.2) is 36.9 Å². The molecule has 0 aromatic carbocycles. The average Bonchev–Trinajstić information content (AvgIpc) is 3.60. The summed E-state index contributed by atoms with van der Waals surface area (Å²) >= 11 is 1.92. The molecular weight excluding hydrogens is 761 g/mol. The van der Waals surface area contributed by atoms with E-state index in [1.54, 1.807) is 6.07 Å². The topological polar surface area (TPSA) is 305 Å². The predicted octanol–water partition coefficient (Wildman–Crippen LogP) is -1.81. The van der Waals surface area contributed by atoms with E-state index in [1.807, 2.05) is 22.6 Å². The Balaban J connectivity index is 1.17. The number of anilines is 1. The van der Waals surface area contributed by atoms with Crippen molar-refractivity contribution < 1.29 is 71.5 Å². The Bertz CT molecular complexity index is 1680. The van der Waals surface area contributed by atoms with Crippen molar-refractivity contribution >= 4 is 61.0 Å². The number of halogens is 1. The monoisotopic (exact) mass is 789 g/mol. The number of rotatable bonds is 11. The molecule has 0 radical (unpaired) electrons. The van der Waals surface area contributed by atoms with E-state index >= 15 is 0 Å². The Morgan fingerprint density at radius 3 is 2.31 bits per heavy atom. The number of phosphoric acid groups is 2. The van der Waals surface area contributed by atoms with Crippen molar-refractivity contribution in [1.82, 2.24) is 14.5 Å². The number of hydrogen-bond donors (Lipinski definition) is 8. The highest BCUT2D eigenvalue weighted by atomic mass is 127. The van der Waals surface area contributed by atoms with E-state index in [2.05, 4.69) is 14.3 Å². The predicted molar refractivity (Wildman–Crippen MR) is 154 cm³/mol. The number of carbonyl (C=O) groups is 1. The quantitative estimate of drug-likeness (QED) is 0.0460. The number of aliphatic hydroxyl groups excluding tert-OH is 4. The molecule has 2 unspecified atom stereocenters. The van der Waals surface area contributed by atoms with E-state index in [9.17, 15) is 44.1 Å². The second-order valence-electron chi connectivity index (χ2n) is 9.97. The van der Waals surface area contributed by atoms with Gasteiger partial charge in [0, 0.05) is 6.07 Å². The molecule has 0 aliphatic carbocycles. The lowest BCUT2D eigenvalue weighted by Gasteiger charge is -2.20. The number of ether oxygens (including phenoxy) is 2. The molecule has 5 rings (SSSR count). The number of pyridine rings is 2. The summed E-state index contributed by atoms with van der Waals surface area (Å²) in [6.07, 6.45) is -7.87. The highest BCUT2D eigenvalue weighted by molar-refractivity contribution is 14.1. The Morgan fingerprint density at radius 1 is 1.04 bits per heavy atom. The van der Waals surface area contributed by atoms with Gasteiger partial charge in [0.1, 0.15) is 45.3 Å². The van der Waals surface area contributed by atoms with Crippen LogP contribution in [-0.4, -0.2) is 100 Å². The van der Waals surface area contributed by atoms with E-state index < -0.39 is 83.8 Å². The number of fused-ring (bicyclic) bond motifs is 1. The molecule has 5 heterocycles. The number of aromatic nitrogens is 4. The van der Waals surface area contributed by atoms with E-state index in [1.165, 1.54) is 40.0 Å². The van der Waals surface area contributed by atoms with Gasteiger partial charge in [-0.2, -0.15) is 8.88 Å². The van der Waals surface area contributed by atoms with Crippen molar-refractivity contribution in [3.63, 3.8) is 0 Å². The summed E-state index contributed by atoms with van der Waals surface area (Å²) in [7, 11) is -10.7. The van der Waals surface area contributed by atoms with Crippen LogP contribution in [-0.2, 0) is 32.0 Å². The molecule has 0 saturated carbocycles. The molecule has 10 N–H and O–H groups in total. The lowest BCUT2D eigenvalue weighted by molar-refractivity contribution is -0.765. The van der Waals surface area contributed by atoms with Crippen LogP contribution in [0.5, 0.6) is 0 Å². The Kier molecular flexibility index (Phi) is 9.95. The van der Waals surface area contributed by atoms with Crippen molar-refractivity contribution in [3.05, 3.63) is 46.2 Å². The van der Waals surface area contributed by atoms with Crippen LogP contribution >= 0.6 is 38.2 Å². The number of aliphatic hydroxyl groups is 4. The molecule has 1 amide bonds. The zero-order valence-electron chi connectivity index (χ0n) is 22.7. The Hall–Kier alpha value is -2.21. The number of amides is 1. The second kappa shape index (κ2) is 13.1. The fourth-order valence-electron chi connectivity index (χ4n) is 4.70. The lowest BCUT2D eigenvalue weighted by atomic mass is 10.1. The molecule has 2 aliphatic heterocycles. The summed E-state index contributed by atoms with van der Waals surface area (Å²) in [4.78, 5) is 40.0. The van der Waals surface area contributed by atoms with Gasteiger partial charge in [-0.1, -0.05) is 0 Å². The zero-order valence-corrected chi connectivity index (χ0v) is 26.6. The maximum absolute atomic E-state index is 12.5. The van der Waals surface area contributed by atoms with E-state index in [4.69, 9.17) is 30.0 Å². The van der Waals surface area contributed by atoms with Crippen LogP contribution in [0.2, 0.25) is 0 Å². The number of nitrogen functional groups attached to an aromatic ring is 1. The lowest BCUT2D eigenvalue weighted by Crippen LogP contribution is -2.46. The zero-order chi connectivity index (χ0) is 32.8. The minimum Gasteiger partial charge on any atom is -0.397 e. The Morgan fingerprint density at radius 2 is 1.67 bits per heavy atom. The summed E-state index contributed by atoms with van der Waals surface area (Å²) in [5, 5.41) is 41.8. The number of carbonyl (C=O) groups excluding carboxylic acids is 1. The first-order valence-corrected chi connectivity index (χ1v) is 16.9. The number of nitrogens with zero attached hydrogens (tertiary/aromatic N) is 4. The van der Waals surface area contributed by atoms with Gasteiger partial charge in [-0.05, 0) is 34.7 Å². The van der Waals surface area contributed by atoms with Crippen LogP contribution in [0.4, 0.5) is 5.69 Å². The standard InChI is InChI=1S/C22H27IN6O14P2/c23-13-4-10(24)14-20(27-13)29(8-26-14)22-18(33)16(31)12(42-22)7-40-45(37,38)43-44(35,36)39-6-11-15(30)17(32)21(41-11)28-3-1-2-9(5-28)19(25)34/h1-5,8,11-12,15-18,21-22,30-33H,6-7H2,(H5-,24,25,27,34,35,36,37,38)/p+1/t11-,12-,15-,16-,17-,18-,21-,22-/m1/s1. The fourth-order valence-corrected chi connectivity index (χ4v) is 7.36. The minimum absolute atomic E-state index is 0.0715. The second-order valence-corrected chi connectivity index (χ2v) is 14.1. The molecule has 0 bridgehead atoms. The van der Waals surface area contributed by atoms with Gasteiger partial charge in [-0.15, -0.1) is 0 Å². The molecule has 20 nitrogen and oxygen atoms in total. The van der Waals surface area contributed by atoms with Crippen molar-refractivity contribution in [3.8, 4) is 0 Å². The van der Waals surface area contributed by atoms with Gasteiger partial charge in [0.2, 0.25) is 0 Å². The third-order valence-electron chi connectivity index (χ3n) is 6.89. The third-order valence-corrected chi connectivity index (χ3v) is 10.0. The molecule has 23 heteroatoms. The van der Waals surface area contributed by atoms with E-state index in [-0.39, 0.29) is 11.2 Å². The number of imidazole rings is 1. The molecule has 10 atom stereocenters. The molecule has 3 aromatic heterocycles. The third kappa shape index (κ3) is 7.36. The van der Waals surface area contributed by atoms with Crippen LogP contribution in [0.3, 0.4) is 0 Å². The highest BCUT2D eigenvalue weighted by Gasteiger charge is 2.50. The van der Waals surface area contributed by atoms with Crippen molar-refractivity contribution in [2.45, 2.75) is 49.1 Å². The largest absolute Gasteiger partial charge is 0.481 e. The molecule has 246 valence electrons. The maximum atomic E-state index is 12.5. The van der Waals surface area contributed by atoms with Gasteiger partial charge in [-0.3, -0.25) is 18.4 Å². The van der Waals surface area contributed by atoms with Crippen molar-refractivity contribution in [2.24, 2.45) is 5.73 Å². The maximum Gasteiger partial charge on any atom is 0.481 e. The number of primary amides is 1. The number of hydrogen-bond acceptors (Lipinski definition) is 15. The van der Waals surface area contributed by atoms with Gasteiger partial charge in [0.15, 0.2) is 30.4 Å². The van der Waals surface area contributed by atoms with Crippen LogP contribution in [0.1, 0.15) is 22.8 Å². The molecule has 2 fully saturated rings.